The second-order valence-corrected chi connectivity index (χ2v) is 9.13. The molecular formula is C30H23N7O3. The van der Waals surface area contributed by atoms with Crippen molar-refractivity contribution in [2.24, 2.45) is 0 Å². The van der Waals surface area contributed by atoms with E-state index in [0.717, 1.165) is 16.9 Å². The summed E-state index contributed by atoms with van der Waals surface area (Å²) < 4.78 is 3.03. The molecule has 0 atom stereocenters. The summed E-state index contributed by atoms with van der Waals surface area (Å²) in [5.41, 5.74) is 3.64. The van der Waals surface area contributed by atoms with E-state index in [9.17, 15) is 14.9 Å². The molecule has 0 spiro atoms. The molecule has 6 aromatic rings. The summed E-state index contributed by atoms with van der Waals surface area (Å²) in [6, 6.07) is 32.3. The topological polar surface area (TPSA) is 120 Å². The summed E-state index contributed by atoms with van der Waals surface area (Å²) >= 11 is 0. The number of benzene rings is 4. The van der Waals surface area contributed by atoms with E-state index in [0.29, 0.717) is 28.8 Å². The van der Waals surface area contributed by atoms with Gasteiger partial charge in [0, 0.05) is 23.5 Å². The SMILES string of the molecule is Cc1ccc(Nc2nn(-c3ccc([N+](=O)[O-])cc3)c3nc(Nc4ccccc4)n(-c4ccccc4)c(=O)c23)cc1. The van der Waals surface area contributed by atoms with Crippen molar-refractivity contribution in [1.29, 1.82) is 0 Å². The fourth-order valence-corrected chi connectivity index (χ4v) is 4.38. The summed E-state index contributed by atoms with van der Waals surface area (Å²) in [7, 11) is 0. The van der Waals surface area contributed by atoms with Gasteiger partial charge in [-0.3, -0.25) is 14.9 Å². The van der Waals surface area contributed by atoms with Crippen molar-refractivity contribution in [1.82, 2.24) is 19.3 Å². The molecule has 0 aliphatic rings. The number of nitrogens with zero attached hydrogens (tertiary/aromatic N) is 5. The number of hydrogen-bond donors (Lipinski definition) is 2. The zero-order valence-electron chi connectivity index (χ0n) is 21.4. The van der Waals surface area contributed by atoms with Crippen molar-refractivity contribution < 1.29 is 4.92 Å². The minimum atomic E-state index is -0.464. The molecule has 40 heavy (non-hydrogen) atoms. The third-order valence-corrected chi connectivity index (χ3v) is 6.37. The Hall–Kier alpha value is -5.77. The van der Waals surface area contributed by atoms with E-state index in [-0.39, 0.29) is 16.6 Å². The van der Waals surface area contributed by atoms with E-state index in [1.54, 1.807) is 12.1 Å². The highest BCUT2D eigenvalue weighted by Crippen LogP contribution is 2.29. The van der Waals surface area contributed by atoms with Crippen molar-refractivity contribution in [3.05, 3.63) is 135 Å². The minimum absolute atomic E-state index is 0.0518. The van der Waals surface area contributed by atoms with Gasteiger partial charge in [-0.25, -0.2) is 9.25 Å². The van der Waals surface area contributed by atoms with Crippen LogP contribution < -0.4 is 16.2 Å². The van der Waals surface area contributed by atoms with Crippen LogP contribution in [0.2, 0.25) is 0 Å². The number of nitro groups is 1. The van der Waals surface area contributed by atoms with Gasteiger partial charge in [0.05, 0.1) is 16.3 Å². The molecule has 0 amide bonds. The normalized spacial score (nSPS) is 10.9. The molecule has 0 bridgehead atoms. The van der Waals surface area contributed by atoms with Gasteiger partial charge >= 0.3 is 0 Å². The Kier molecular flexibility index (Phi) is 6.25. The maximum absolute atomic E-state index is 14.3. The quantitative estimate of drug-likeness (QED) is 0.185. The Balaban J connectivity index is 1.62. The van der Waals surface area contributed by atoms with Crippen LogP contribution in [-0.4, -0.2) is 24.3 Å². The van der Waals surface area contributed by atoms with Gasteiger partial charge in [-0.2, -0.15) is 4.98 Å². The lowest BCUT2D eigenvalue weighted by atomic mass is 10.2. The maximum Gasteiger partial charge on any atom is 0.272 e. The fraction of sp³-hybridized carbons (Fsp3) is 0.0333. The number of fused-ring (bicyclic) bond motifs is 1. The van der Waals surface area contributed by atoms with Crippen LogP contribution in [-0.2, 0) is 0 Å². The molecule has 2 aromatic heterocycles. The highest BCUT2D eigenvalue weighted by molar-refractivity contribution is 5.91. The van der Waals surface area contributed by atoms with Gasteiger partial charge in [0.25, 0.3) is 11.2 Å². The largest absolute Gasteiger partial charge is 0.338 e. The van der Waals surface area contributed by atoms with Gasteiger partial charge in [-0.05, 0) is 55.5 Å². The van der Waals surface area contributed by atoms with Gasteiger partial charge in [0.15, 0.2) is 11.5 Å². The number of aromatic nitrogens is 4. The first-order chi connectivity index (χ1) is 19.5. The number of nitrogens with one attached hydrogen (secondary N) is 2. The Morgan fingerprint density at radius 2 is 1.38 bits per heavy atom. The van der Waals surface area contributed by atoms with Crippen LogP contribution in [0.3, 0.4) is 0 Å². The van der Waals surface area contributed by atoms with E-state index in [1.165, 1.54) is 21.4 Å². The second-order valence-electron chi connectivity index (χ2n) is 9.13. The Morgan fingerprint density at radius 1 is 0.750 bits per heavy atom. The lowest BCUT2D eigenvalue weighted by Gasteiger charge is -2.14. The molecule has 6 rings (SSSR count). The van der Waals surface area contributed by atoms with Crippen LogP contribution in [0.5, 0.6) is 0 Å². The van der Waals surface area contributed by atoms with Gasteiger partial charge < -0.3 is 10.6 Å². The predicted molar refractivity (Wildman–Crippen MR) is 155 cm³/mol. The van der Waals surface area contributed by atoms with Crippen LogP contribution in [0.4, 0.5) is 28.8 Å². The third-order valence-electron chi connectivity index (χ3n) is 6.37. The van der Waals surface area contributed by atoms with E-state index in [4.69, 9.17) is 10.1 Å². The molecule has 0 fully saturated rings. The monoisotopic (exact) mass is 529 g/mol. The van der Waals surface area contributed by atoms with Crippen LogP contribution in [0.25, 0.3) is 22.4 Å². The first-order valence-corrected chi connectivity index (χ1v) is 12.5. The first-order valence-electron chi connectivity index (χ1n) is 12.5. The van der Waals surface area contributed by atoms with Crippen LogP contribution in [0.15, 0.2) is 114 Å². The number of anilines is 4. The van der Waals surface area contributed by atoms with Crippen LogP contribution in [0, 0.1) is 17.0 Å². The fourth-order valence-electron chi connectivity index (χ4n) is 4.38. The lowest BCUT2D eigenvalue weighted by molar-refractivity contribution is -0.384. The summed E-state index contributed by atoms with van der Waals surface area (Å²) in [5, 5.41) is 22.8. The van der Waals surface area contributed by atoms with Crippen molar-refractivity contribution in [3.8, 4) is 11.4 Å². The maximum atomic E-state index is 14.3. The third kappa shape index (κ3) is 4.65. The molecule has 196 valence electrons. The Labute approximate surface area is 228 Å². The molecule has 0 unspecified atom stereocenters. The highest BCUT2D eigenvalue weighted by atomic mass is 16.6. The summed E-state index contributed by atoms with van der Waals surface area (Å²) in [6.07, 6.45) is 0. The molecule has 2 heterocycles. The number of rotatable bonds is 7. The Bertz CT molecular complexity index is 1880. The minimum Gasteiger partial charge on any atom is -0.338 e. The number of para-hydroxylation sites is 2. The lowest BCUT2D eigenvalue weighted by Crippen LogP contribution is -2.23. The van der Waals surface area contributed by atoms with Crippen molar-refractivity contribution in [2.45, 2.75) is 6.92 Å². The standard InChI is InChI=1S/C30H23N7O3/c1-20-12-14-22(15-13-20)31-27-26-28(36(34-27)24-16-18-25(19-17-24)37(39)40)33-30(32-21-8-4-2-5-9-21)35(29(26)38)23-10-6-3-7-11-23/h2-19H,1H3,(H,31,34)(H,32,33). The van der Waals surface area contributed by atoms with Crippen molar-refractivity contribution in [2.75, 3.05) is 10.6 Å². The number of nitro benzene ring substituents is 1. The summed E-state index contributed by atoms with van der Waals surface area (Å²) in [5.74, 6) is 0.602. The Morgan fingerprint density at radius 3 is 2.02 bits per heavy atom. The molecule has 2 N–H and O–H groups in total. The molecule has 10 heteroatoms. The molecule has 10 nitrogen and oxygen atoms in total. The van der Waals surface area contributed by atoms with E-state index in [2.05, 4.69) is 10.6 Å². The summed E-state index contributed by atoms with van der Waals surface area (Å²) in [4.78, 5) is 30.0. The van der Waals surface area contributed by atoms with E-state index in [1.807, 2.05) is 91.9 Å². The van der Waals surface area contributed by atoms with Gasteiger partial charge in [0.1, 0.15) is 5.39 Å². The van der Waals surface area contributed by atoms with Crippen molar-refractivity contribution >= 4 is 39.9 Å². The zero-order chi connectivity index (χ0) is 27.6. The van der Waals surface area contributed by atoms with Crippen LogP contribution in [0.1, 0.15) is 5.56 Å². The molecule has 0 saturated heterocycles. The summed E-state index contributed by atoms with van der Waals surface area (Å²) in [6.45, 7) is 1.99. The van der Waals surface area contributed by atoms with Gasteiger partial charge in [0.2, 0.25) is 5.95 Å². The van der Waals surface area contributed by atoms with E-state index >= 15 is 0 Å². The molecule has 4 aromatic carbocycles. The second kappa shape index (κ2) is 10.2. The zero-order valence-corrected chi connectivity index (χ0v) is 21.4. The van der Waals surface area contributed by atoms with E-state index < -0.39 is 4.92 Å². The number of hydrogen-bond acceptors (Lipinski definition) is 7. The molecule has 0 radical (unpaired) electrons. The van der Waals surface area contributed by atoms with Gasteiger partial charge in [-0.1, -0.05) is 54.1 Å². The molecule has 0 aliphatic carbocycles. The smallest absolute Gasteiger partial charge is 0.272 e. The predicted octanol–water partition coefficient (Wildman–Crippen LogP) is 6.28. The average molecular weight is 530 g/mol. The first kappa shape index (κ1) is 24.6. The van der Waals surface area contributed by atoms with Crippen molar-refractivity contribution in [3.63, 3.8) is 0 Å². The number of aryl methyl sites for hydroxylation is 1. The molecule has 0 saturated carbocycles. The molecule has 0 aliphatic heterocycles. The van der Waals surface area contributed by atoms with Crippen LogP contribution >= 0.6 is 0 Å². The molecular weight excluding hydrogens is 506 g/mol. The van der Waals surface area contributed by atoms with Gasteiger partial charge in [-0.15, -0.1) is 5.10 Å². The highest BCUT2D eigenvalue weighted by Gasteiger charge is 2.23. The number of non-ortho nitro benzene ring substituents is 1. The average Bonchev–Trinajstić information content (AvgIpc) is 3.33.